The van der Waals surface area contributed by atoms with Gasteiger partial charge in [0.05, 0.1) is 0 Å². The van der Waals surface area contributed by atoms with Crippen molar-refractivity contribution in [3.05, 3.63) is 12.7 Å². The summed E-state index contributed by atoms with van der Waals surface area (Å²) in [4.78, 5) is 4.58. The van der Waals surface area contributed by atoms with E-state index in [1.54, 1.807) is 4.73 Å². The molecule has 0 amide bonds. The first-order valence-corrected chi connectivity index (χ1v) is 3.66. The third-order valence-corrected chi connectivity index (χ3v) is 0.355. The Balaban J connectivity index is 0. The molecule has 0 saturated heterocycles. The van der Waals surface area contributed by atoms with Crippen LogP contribution in [0.5, 0.6) is 0 Å². The Morgan fingerprint density at radius 3 is 1.67 bits per heavy atom. The van der Waals surface area contributed by atoms with Crippen LogP contribution in [0, 0.1) is 6.58 Å². The van der Waals surface area contributed by atoms with Gasteiger partial charge in [-0.15, -0.1) is 0 Å². The van der Waals surface area contributed by atoms with Crippen LogP contribution in [0.25, 0.3) is 0 Å². The minimum absolute atomic E-state index is 1.08. The second kappa shape index (κ2) is 17.1. The van der Waals surface area contributed by atoms with E-state index in [0.29, 0.717) is 0 Å². The molecule has 6 heavy (non-hydrogen) atoms. The van der Waals surface area contributed by atoms with Gasteiger partial charge in [0, 0.05) is 0 Å². The van der Waals surface area contributed by atoms with Crippen LogP contribution in [-0.2, 0) is 36.3 Å². The van der Waals surface area contributed by atoms with E-state index < -0.39 is 0 Å². The summed E-state index contributed by atoms with van der Waals surface area (Å²) in [5.41, 5.74) is 0. The van der Waals surface area contributed by atoms with Crippen molar-refractivity contribution in [2.45, 2.75) is 0 Å². The van der Waals surface area contributed by atoms with E-state index in [4.69, 9.17) is 6.58 Å². The molecule has 0 atom stereocenters. The summed E-state index contributed by atoms with van der Waals surface area (Å²) >= 11 is 3.31. The predicted octanol–water partition coefficient (Wildman–Crippen LogP) is 0.167. The maximum atomic E-state index is 4.83. The molecule has 0 bridgehead atoms. The fourth-order valence-corrected chi connectivity index (χ4v) is 0. The Kier molecular flexibility index (Phi) is 28.3. The fourth-order valence-electron chi connectivity index (χ4n) is 0. The molecule has 0 radical (unpaired) electrons. The summed E-state index contributed by atoms with van der Waals surface area (Å²) in [7, 11) is 0. The molecule has 0 N–H and O–H groups in total. The van der Waals surface area contributed by atoms with E-state index in [1.807, 2.05) is 0 Å². The molecule has 0 aliphatic heterocycles. The summed E-state index contributed by atoms with van der Waals surface area (Å²) in [6, 6.07) is 0. The van der Waals surface area contributed by atoms with Gasteiger partial charge in [0.2, 0.25) is 0 Å². The van der Waals surface area contributed by atoms with E-state index in [9.17, 15) is 0 Å². The Hall–Kier alpha value is 0.753. The predicted molar refractivity (Wildman–Crippen MR) is 21.0 cm³/mol. The molecule has 0 aliphatic rings. The van der Waals surface area contributed by atoms with Gasteiger partial charge in [-0.1, -0.05) is 0 Å². The topological polar surface area (TPSA) is 0 Å². The van der Waals surface area contributed by atoms with E-state index in [0.717, 1.165) is 19.4 Å². The van der Waals surface area contributed by atoms with Crippen molar-refractivity contribution in [1.82, 2.24) is 0 Å². The number of hydrogen-bond acceptors (Lipinski definition) is 0. The van der Waals surface area contributed by atoms with Gasteiger partial charge >= 0.3 is 58.6 Å². The van der Waals surface area contributed by atoms with Crippen LogP contribution >= 0.6 is 0 Å². The van der Waals surface area contributed by atoms with Crippen molar-refractivity contribution in [2.75, 3.05) is 0 Å². The van der Waals surface area contributed by atoms with Gasteiger partial charge in [0.1, 0.15) is 0 Å². The fraction of sp³-hybridized carbons (Fsp3) is 0. The second-order valence-corrected chi connectivity index (χ2v) is 0.807. The molecule has 0 unspecified atom stereocenters. The summed E-state index contributed by atoms with van der Waals surface area (Å²) in [6.45, 7) is 4.83. The van der Waals surface area contributed by atoms with Gasteiger partial charge in [-0.2, -0.15) is 0 Å². The quantitative estimate of drug-likeness (QED) is 0.603. The average molecular weight is 287 g/mol. The van der Waals surface area contributed by atoms with E-state index in [1.165, 1.54) is 6.08 Å². The van der Waals surface area contributed by atoms with Crippen molar-refractivity contribution in [3.63, 3.8) is 0 Å². The van der Waals surface area contributed by atoms with Crippen LogP contribution in [-0.4, -0.2) is 9.63 Å². The van der Waals surface area contributed by atoms with Crippen LogP contribution in [0.1, 0.15) is 0 Å². The van der Waals surface area contributed by atoms with Gasteiger partial charge in [-0.25, -0.2) is 0 Å². The molecule has 0 aliphatic carbocycles. The van der Waals surface area contributed by atoms with Gasteiger partial charge in [-0.3, -0.25) is 0 Å². The molecular formula is C4H4VW-2. The summed E-state index contributed by atoms with van der Waals surface area (Å²) in [5.74, 6) is 0. The molecule has 0 heterocycles. The van der Waals surface area contributed by atoms with Crippen LogP contribution in [0.3, 0.4) is 0 Å². The molecule has 0 saturated carbocycles. The Bertz CT molecular complexity index is 36.8. The van der Waals surface area contributed by atoms with E-state index in [-0.39, 0.29) is 0 Å². The van der Waals surface area contributed by atoms with Crippen molar-refractivity contribution in [3.8, 4) is 0 Å². The molecule has 33 valence electrons. The van der Waals surface area contributed by atoms with Gasteiger partial charge < -0.3 is 0 Å². The zero-order valence-corrected chi connectivity index (χ0v) is 7.49. The standard InChI is InChI=1S/C3H3.CH.V.W/c1-3-2;;;/h1-3H;1H;;/q2*-1;;. The monoisotopic (exact) mass is 287 g/mol. The third-order valence-electron chi connectivity index (χ3n) is 0.0861. The first kappa shape index (κ1) is 9.89. The van der Waals surface area contributed by atoms with Crippen molar-refractivity contribution >= 4 is 9.63 Å². The first-order valence-electron chi connectivity index (χ1n) is 1.16. The van der Waals surface area contributed by atoms with E-state index >= 15 is 0 Å². The average Bonchev–Trinajstić information content (AvgIpc) is 1.72. The zero-order chi connectivity index (χ0) is 5.41. The molecule has 0 nitrogen and oxygen atoms in total. The van der Waals surface area contributed by atoms with Crippen molar-refractivity contribution in [2.24, 2.45) is 0 Å². The normalized spacial score (nSPS) is 3.83. The molecular weight excluding hydrogens is 283 g/mol. The Morgan fingerprint density at radius 1 is 1.50 bits per heavy atom. The summed E-state index contributed by atoms with van der Waals surface area (Å²) in [6.07, 6.45) is 1.47. The van der Waals surface area contributed by atoms with Crippen LogP contribution < -0.4 is 0 Å². The summed E-state index contributed by atoms with van der Waals surface area (Å²) in [5, 5.41) is 0. The van der Waals surface area contributed by atoms with Crippen molar-refractivity contribution < 1.29 is 36.3 Å². The number of allylic oxidation sites excluding steroid dienone is 1. The molecule has 0 rings (SSSR count). The Morgan fingerprint density at radius 2 is 1.67 bits per heavy atom. The Labute approximate surface area is 58.5 Å². The maximum absolute atomic E-state index is 4.83. The molecule has 2 heteroatoms. The van der Waals surface area contributed by atoms with E-state index in [2.05, 4.69) is 21.9 Å². The molecule has 0 spiro atoms. The van der Waals surface area contributed by atoms with Crippen molar-refractivity contribution in [1.29, 1.82) is 0 Å². The molecule has 0 aromatic carbocycles. The second-order valence-electron chi connectivity index (χ2n) is 0.342. The zero-order valence-electron chi connectivity index (χ0n) is 3.16. The SMILES string of the molecule is [CH-]=C[CH]=[V].[CH-]=[W]. The van der Waals surface area contributed by atoms with Crippen LogP contribution in [0.15, 0.2) is 6.08 Å². The third kappa shape index (κ3) is 21.8. The molecule has 0 aromatic rings. The summed E-state index contributed by atoms with van der Waals surface area (Å²) < 4.78 is 1.72. The van der Waals surface area contributed by atoms with Gasteiger partial charge in [0.15, 0.2) is 0 Å². The number of rotatable bonds is 1. The first-order chi connectivity index (χ1) is 2.91. The van der Waals surface area contributed by atoms with Gasteiger partial charge in [0.25, 0.3) is 0 Å². The minimum atomic E-state index is 1.08. The molecule has 0 fully saturated rings. The number of hydrogen-bond donors (Lipinski definition) is 0. The van der Waals surface area contributed by atoms with Gasteiger partial charge in [-0.05, 0) is 0 Å². The molecule has 0 aromatic heterocycles. The van der Waals surface area contributed by atoms with Crippen LogP contribution in [0.4, 0.5) is 0 Å². The van der Waals surface area contributed by atoms with Crippen LogP contribution in [0.2, 0.25) is 0 Å².